The van der Waals surface area contributed by atoms with Crippen molar-refractivity contribution in [2.75, 3.05) is 26.4 Å². The van der Waals surface area contributed by atoms with Crippen LogP contribution in [0.4, 0.5) is 0 Å². The van der Waals surface area contributed by atoms with Crippen LogP contribution in [0.1, 0.15) is 168 Å². The quantitative estimate of drug-likeness (QED) is 0.0281. The number of rotatable bonds is 36. The standard InChI is InChI=1S/C39H72NO8P/c1-3-5-7-9-11-13-15-16-17-18-19-20-22-23-25-27-29-31-38(41)45-35-37(36-47-49(43,44)46-34-33-40)48-39(42)32-30-28-26-24-21-14-12-10-8-6-4-2/h11,13,16-17,19-20,37H,3-10,12,14-15,18,21-36,40H2,1-2H3,(H,43,44)/b13-11+,17-16+,20-19+/t37-/m0/s1. The molecule has 49 heavy (non-hydrogen) atoms. The number of hydrogen-bond donors (Lipinski definition) is 2. The fraction of sp³-hybridized carbons (Fsp3) is 0.795. The van der Waals surface area contributed by atoms with Crippen LogP contribution >= 0.6 is 7.82 Å². The first kappa shape index (κ1) is 47.2. The number of carbonyl (C=O) groups is 2. The number of phosphoric ester groups is 1. The number of hydrogen-bond acceptors (Lipinski definition) is 8. The Bertz CT molecular complexity index is 907. The highest BCUT2D eigenvalue weighted by atomic mass is 31.2. The van der Waals surface area contributed by atoms with Gasteiger partial charge in [0.2, 0.25) is 0 Å². The average Bonchev–Trinajstić information content (AvgIpc) is 3.08. The van der Waals surface area contributed by atoms with Gasteiger partial charge in [-0.15, -0.1) is 0 Å². The number of unbranched alkanes of at least 4 members (excludes halogenated alkanes) is 17. The molecule has 0 heterocycles. The van der Waals surface area contributed by atoms with E-state index in [0.717, 1.165) is 57.8 Å². The minimum atomic E-state index is -4.37. The van der Waals surface area contributed by atoms with Crippen molar-refractivity contribution < 1.29 is 37.6 Å². The zero-order valence-electron chi connectivity index (χ0n) is 31.2. The molecule has 10 heteroatoms. The van der Waals surface area contributed by atoms with E-state index in [1.807, 2.05) is 0 Å². The van der Waals surface area contributed by atoms with Gasteiger partial charge in [-0.1, -0.05) is 140 Å². The van der Waals surface area contributed by atoms with E-state index in [9.17, 15) is 19.0 Å². The number of carbonyl (C=O) groups excluding carboxylic acids is 2. The van der Waals surface area contributed by atoms with Crippen LogP contribution in [0.5, 0.6) is 0 Å². The van der Waals surface area contributed by atoms with Crippen LogP contribution in [0.2, 0.25) is 0 Å². The lowest BCUT2D eigenvalue weighted by molar-refractivity contribution is -0.161. The second-order valence-corrected chi connectivity index (χ2v) is 14.3. The molecule has 1 unspecified atom stereocenters. The van der Waals surface area contributed by atoms with Crippen LogP contribution in [0.15, 0.2) is 36.5 Å². The van der Waals surface area contributed by atoms with Crippen LogP contribution in [0, 0.1) is 0 Å². The minimum absolute atomic E-state index is 0.0504. The molecule has 0 saturated carbocycles. The van der Waals surface area contributed by atoms with Gasteiger partial charge in [-0.3, -0.25) is 18.6 Å². The topological polar surface area (TPSA) is 134 Å². The molecule has 0 aliphatic heterocycles. The third kappa shape index (κ3) is 35.8. The van der Waals surface area contributed by atoms with Crippen LogP contribution in [-0.2, 0) is 32.7 Å². The number of esters is 2. The van der Waals surface area contributed by atoms with Crippen molar-refractivity contribution >= 4 is 19.8 Å². The Morgan fingerprint density at radius 3 is 1.61 bits per heavy atom. The van der Waals surface area contributed by atoms with Gasteiger partial charge in [-0.2, -0.15) is 0 Å². The predicted octanol–water partition coefficient (Wildman–Crippen LogP) is 10.6. The van der Waals surface area contributed by atoms with Gasteiger partial charge in [0.25, 0.3) is 0 Å². The Balaban J connectivity index is 4.24. The van der Waals surface area contributed by atoms with E-state index >= 15 is 0 Å². The van der Waals surface area contributed by atoms with E-state index < -0.39 is 32.5 Å². The largest absolute Gasteiger partial charge is 0.472 e. The molecular weight excluding hydrogens is 641 g/mol. The van der Waals surface area contributed by atoms with Gasteiger partial charge < -0.3 is 20.1 Å². The number of nitrogens with two attached hydrogens (primary N) is 1. The summed E-state index contributed by atoms with van der Waals surface area (Å²) in [6, 6.07) is 0. The molecule has 0 fully saturated rings. The van der Waals surface area contributed by atoms with Gasteiger partial charge >= 0.3 is 19.8 Å². The summed E-state index contributed by atoms with van der Waals surface area (Å²) >= 11 is 0. The third-order valence-corrected chi connectivity index (χ3v) is 9.01. The number of ether oxygens (including phenoxy) is 2. The van der Waals surface area contributed by atoms with Crippen LogP contribution in [0.25, 0.3) is 0 Å². The predicted molar refractivity (Wildman–Crippen MR) is 201 cm³/mol. The van der Waals surface area contributed by atoms with Crippen molar-refractivity contribution in [1.29, 1.82) is 0 Å². The van der Waals surface area contributed by atoms with E-state index in [2.05, 4.69) is 50.3 Å². The lowest BCUT2D eigenvalue weighted by atomic mass is 10.1. The molecule has 0 aromatic heterocycles. The third-order valence-electron chi connectivity index (χ3n) is 8.03. The summed E-state index contributed by atoms with van der Waals surface area (Å²) in [4.78, 5) is 34.7. The molecule has 3 N–H and O–H groups in total. The van der Waals surface area contributed by atoms with Crippen LogP contribution in [-0.4, -0.2) is 49.3 Å². The maximum Gasteiger partial charge on any atom is 0.472 e. The van der Waals surface area contributed by atoms with E-state index in [1.165, 1.54) is 70.6 Å². The Labute approximate surface area is 299 Å². The van der Waals surface area contributed by atoms with Crippen LogP contribution in [0.3, 0.4) is 0 Å². The SMILES string of the molecule is CCCCC/C=C/C/C=C/C/C=C/CCCCCCC(=O)OC[C@@H](COP(=O)(O)OCCN)OC(=O)CCCCCCCCCCCCC. The van der Waals surface area contributed by atoms with E-state index in [-0.39, 0.29) is 32.6 Å². The van der Waals surface area contributed by atoms with E-state index in [0.29, 0.717) is 12.8 Å². The first-order chi connectivity index (χ1) is 23.8. The lowest BCUT2D eigenvalue weighted by Gasteiger charge is -2.19. The van der Waals surface area contributed by atoms with Gasteiger partial charge in [0.1, 0.15) is 6.61 Å². The molecule has 0 bridgehead atoms. The van der Waals surface area contributed by atoms with Crippen molar-refractivity contribution in [1.82, 2.24) is 0 Å². The highest BCUT2D eigenvalue weighted by molar-refractivity contribution is 7.47. The van der Waals surface area contributed by atoms with Crippen molar-refractivity contribution in [3.63, 3.8) is 0 Å². The normalized spacial score (nSPS) is 13.8. The highest BCUT2D eigenvalue weighted by Gasteiger charge is 2.25. The van der Waals surface area contributed by atoms with Gasteiger partial charge in [0, 0.05) is 19.4 Å². The Hall–Kier alpha value is -1.77. The number of phosphoric acid groups is 1. The molecule has 0 aromatic rings. The van der Waals surface area contributed by atoms with Gasteiger partial charge in [0.15, 0.2) is 6.10 Å². The Morgan fingerprint density at radius 1 is 0.612 bits per heavy atom. The molecule has 0 saturated heterocycles. The molecule has 286 valence electrons. The summed E-state index contributed by atoms with van der Waals surface area (Å²) in [5.74, 6) is -0.855. The van der Waals surface area contributed by atoms with Gasteiger partial charge in [-0.05, 0) is 51.4 Å². The van der Waals surface area contributed by atoms with Crippen molar-refractivity contribution in [2.45, 2.75) is 174 Å². The molecule has 0 aliphatic carbocycles. The average molecular weight is 714 g/mol. The Morgan fingerprint density at radius 2 is 1.06 bits per heavy atom. The molecule has 0 radical (unpaired) electrons. The van der Waals surface area contributed by atoms with Crippen molar-refractivity contribution in [2.24, 2.45) is 5.73 Å². The van der Waals surface area contributed by atoms with E-state index in [4.69, 9.17) is 24.3 Å². The zero-order chi connectivity index (χ0) is 36.1. The first-order valence-electron chi connectivity index (χ1n) is 19.5. The summed E-state index contributed by atoms with van der Waals surface area (Å²) < 4.78 is 32.6. The monoisotopic (exact) mass is 713 g/mol. The van der Waals surface area contributed by atoms with E-state index in [1.54, 1.807) is 0 Å². The maximum absolute atomic E-state index is 12.5. The molecule has 9 nitrogen and oxygen atoms in total. The first-order valence-corrected chi connectivity index (χ1v) is 21.0. The number of allylic oxidation sites excluding steroid dienone is 6. The second-order valence-electron chi connectivity index (χ2n) is 12.8. The smallest absolute Gasteiger partial charge is 0.462 e. The molecule has 0 amide bonds. The van der Waals surface area contributed by atoms with Crippen molar-refractivity contribution in [3.05, 3.63) is 36.5 Å². The van der Waals surface area contributed by atoms with Gasteiger partial charge in [0.05, 0.1) is 13.2 Å². The van der Waals surface area contributed by atoms with Crippen LogP contribution < -0.4 is 5.73 Å². The molecule has 0 aliphatic rings. The Kier molecular flexibility index (Phi) is 34.7. The second kappa shape index (κ2) is 36.0. The molecule has 0 rings (SSSR count). The molecule has 0 spiro atoms. The summed E-state index contributed by atoms with van der Waals surface area (Å²) in [6.07, 6.45) is 37.4. The fourth-order valence-electron chi connectivity index (χ4n) is 5.11. The summed E-state index contributed by atoms with van der Waals surface area (Å²) in [5, 5.41) is 0. The summed E-state index contributed by atoms with van der Waals surface area (Å²) in [6.45, 7) is 3.66. The summed E-state index contributed by atoms with van der Waals surface area (Å²) in [5.41, 5.74) is 5.33. The summed E-state index contributed by atoms with van der Waals surface area (Å²) in [7, 11) is -4.37. The van der Waals surface area contributed by atoms with Gasteiger partial charge in [-0.25, -0.2) is 4.57 Å². The lowest BCUT2D eigenvalue weighted by Crippen LogP contribution is -2.29. The molecule has 2 atom stereocenters. The fourth-order valence-corrected chi connectivity index (χ4v) is 5.88. The highest BCUT2D eigenvalue weighted by Crippen LogP contribution is 2.43. The minimum Gasteiger partial charge on any atom is -0.462 e. The molecular formula is C39H72NO8P. The maximum atomic E-state index is 12.5. The van der Waals surface area contributed by atoms with Crippen molar-refractivity contribution in [3.8, 4) is 0 Å². The zero-order valence-corrected chi connectivity index (χ0v) is 32.1. The molecule has 0 aromatic carbocycles.